The smallest absolute Gasteiger partial charge is 0.273 e. The van der Waals surface area contributed by atoms with Crippen LogP contribution in [0.4, 0.5) is 15.8 Å². The van der Waals surface area contributed by atoms with Crippen LogP contribution < -0.4 is 21.3 Å². The summed E-state index contributed by atoms with van der Waals surface area (Å²) in [5.74, 6) is -2.17. The number of benzene rings is 2. The lowest BCUT2D eigenvalue weighted by molar-refractivity contribution is -0.123. The third-order valence-corrected chi connectivity index (χ3v) is 7.47. The zero-order valence-corrected chi connectivity index (χ0v) is 23.6. The quantitative estimate of drug-likeness (QED) is 0.319. The molecule has 11 heteroatoms. The number of aromatic hydroxyl groups is 1. The Balaban J connectivity index is 1.76. The van der Waals surface area contributed by atoms with Crippen LogP contribution >= 0.6 is 11.5 Å². The molecule has 0 radical (unpaired) electrons. The number of hydrogen-bond acceptors (Lipinski definition) is 7. The molecule has 1 aliphatic carbocycles. The van der Waals surface area contributed by atoms with E-state index in [1.807, 2.05) is 0 Å². The summed E-state index contributed by atoms with van der Waals surface area (Å²) < 4.78 is 18.1. The highest BCUT2D eigenvalue weighted by atomic mass is 32.1. The van der Waals surface area contributed by atoms with E-state index in [2.05, 4.69) is 15.0 Å². The van der Waals surface area contributed by atoms with Crippen LogP contribution in [0.15, 0.2) is 48.5 Å². The van der Waals surface area contributed by atoms with Crippen molar-refractivity contribution >= 4 is 40.6 Å². The Morgan fingerprint density at radius 3 is 2.27 bits per heavy atom. The zero-order chi connectivity index (χ0) is 29.0. The van der Waals surface area contributed by atoms with Gasteiger partial charge in [-0.1, -0.05) is 31.4 Å². The Kier molecular flexibility index (Phi) is 8.73. The standard InChI is InChI=1S/C29H34FN5O4S/c1-29(2,3)33-27(38)24(17-9-15-21(36)16-10-17)35(20-13-11-18(30)12-14-20)28(39)25-22(31)23(34-40-25)26(37)32-19-7-5-4-6-8-19/h9-16,19,24,36H,4-8,31H2,1-3H3,(H,32,37)(H,33,38)/t24-/m1/s1. The van der Waals surface area contributed by atoms with Crippen LogP contribution in [0, 0.1) is 5.82 Å². The average Bonchev–Trinajstić information content (AvgIpc) is 3.29. The minimum atomic E-state index is -1.22. The zero-order valence-electron chi connectivity index (χ0n) is 22.7. The third kappa shape index (κ3) is 6.77. The van der Waals surface area contributed by atoms with Crippen molar-refractivity contribution in [1.29, 1.82) is 0 Å². The Labute approximate surface area is 236 Å². The van der Waals surface area contributed by atoms with E-state index in [0.717, 1.165) is 43.6 Å². The van der Waals surface area contributed by atoms with Gasteiger partial charge < -0.3 is 21.5 Å². The Morgan fingerprint density at radius 1 is 1.05 bits per heavy atom. The fourth-order valence-electron chi connectivity index (χ4n) is 4.72. The highest BCUT2D eigenvalue weighted by Crippen LogP contribution is 2.34. The van der Waals surface area contributed by atoms with Gasteiger partial charge in [-0.05, 0) is 87.1 Å². The number of nitrogens with zero attached hydrogens (tertiary/aromatic N) is 2. The third-order valence-electron chi connectivity index (χ3n) is 6.61. The second kappa shape index (κ2) is 12.0. The number of amides is 3. The van der Waals surface area contributed by atoms with Gasteiger partial charge in [0.15, 0.2) is 5.69 Å². The molecule has 0 spiro atoms. The van der Waals surface area contributed by atoms with Gasteiger partial charge in [0, 0.05) is 17.3 Å². The molecule has 1 fully saturated rings. The summed E-state index contributed by atoms with van der Waals surface area (Å²) in [6, 6.07) is 9.84. The Hall–Kier alpha value is -3.99. The molecule has 0 bridgehead atoms. The lowest BCUT2D eigenvalue weighted by Gasteiger charge is -2.33. The number of phenols is 1. The van der Waals surface area contributed by atoms with Gasteiger partial charge in [0.2, 0.25) is 5.91 Å². The normalized spacial score (nSPS) is 14.8. The molecule has 5 N–H and O–H groups in total. The van der Waals surface area contributed by atoms with Crippen LogP contribution in [-0.2, 0) is 4.79 Å². The van der Waals surface area contributed by atoms with Crippen LogP contribution in [0.2, 0.25) is 0 Å². The van der Waals surface area contributed by atoms with E-state index in [1.54, 1.807) is 20.8 Å². The molecule has 40 heavy (non-hydrogen) atoms. The van der Waals surface area contributed by atoms with E-state index in [0.29, 0.717) is 5.56 Å². The predicted molar refractivity (Wildman–Crippen MR) is 153 cm³/mol. The summed E-state index contributed by atoms with van der Waals surface area (Å²) in [5.41, 5.74) is 6.19. The number of nitrogens with one attached hydrogen (secondary N) is 2. The van der Waals surface area contributed by atoms with Crippen LogP contribution in [0.1, 0.15) is 84.6 Å². The molecule has 2 aromatic carbocycles. The summed E-state index contributed by atoms with van der Waals surface area (Å²) in [6.07, 6.45) is 4.94. The van der Waals surface area contributed by atoms with E-state index in [9.17, 15) is 23.9 Å². The molecule has 3 aromatic rings. The van der Waals surface area contributed by atoms with E-state index in [4.69, 9.17) is 5.73 Å². The van der Waals surface area contributed by atoms with Crippen molar-refractivity contribution in [2.45, 2.75) is 70.5 Å². The molecule has 1 heterocycles. The molecule has 3 amide bonds. The number of nitrogens with two attached hydrogens (primary N) is 1. The molecule has 1 aliphatic rings. The van der Waals surface area contributed by atoms with Gasteiger partial charge in [0.25, 0.3) is 11.8 Å². The highest BCUT2D eigenvalue weighted by Gasteiger charge is 2.37. The van der Waals surface area contributed by atoms with E-state index < -0.39 is 35.1 Å². The summed E-state index contributed by atoms with van der Waals surface area (Å²) in [7, 11) is 0. The number of carbonyl (C=O) groups is 3. The van der Waals surface area contributed by atoms with Gasteiger partial charge in [-0.25, -0.2) is 4.39 Å². The molecule has 1 atom stereocenters. The topological polar surface area (TPSA) is 138 Å². The van der Waals surface area contributed by atoms with Gasteiger partial charge in [0.1, 0.15) is 22.5 Å². The van der Waals surface area contributed by atoms with Crippen molar-refractivity contribution < 1.29 is 23.9 Å². The summed E-state index contributed by atoms with van der Waals surface area (Å²) in [5, 5.41) is 15.7. The fourth-order valence-corrected chi connectivity index (χ4v) is 5.46. The first-order chi connectivity index (χ1) is 18.9. The highest BCUT2D eigenvalue weighted by molar-refractivity contribution is 7.09. The summed E-state index contributed by atoms with van der Waals surface area (Å²) in [4.78, 5) is 42.1. The second-order valence-electron chi connectivity index (χ2n) is 11.0. The lowest BCUT2D eigenvalue weighted by Crippen LogP contribution is -2.49. The molecular weight excluding hydrogens is 533 g/mol. The average molecular weight is 568 g/mol. The monoisotopic (exact) mass is 567 g/mol. The van der Waals surface area contributed by atoms with Crippen molar-refractivity contribution in [1.82, 2.24) is 15.0 Å². The first kappa shape index (κ1) is 29.0. The van der Waals surface area contributed by atoms with Crippen LogP contribution in [0.3, 0.4) is 0 Å². The van der Waals surface area contributed by atoms with Crippen molar-refractivity contribution in [2.75, 3.05) is 10.6 Å². The first-order valence-electron chi connectivity index (χ1n) is 13.2. The van der Waals surface area contributed by atoms with Gasteiger partial charge in [-0.3, -0.25) is 19.3 Å². The van der Waals surface area contributed by atoms with E-state index in [1.165, 1.54) is 53.4 Å². The Bertz CT molecular complexity index is 1360. The summed E-state index contributed by atoms with van der Waals surface area (Å²) in [6.45, 7) is 5.42. The molecule has 1 aromatic heterocycles. The van der Waals surface area contributed by atoms with Gasteiger partial charge >= 0.3 is 0 Å². The molecule has 0 aliphatic heterocycles. The molecule has 1 saturated carbocycles. The molecule has 4 rings (SSSR count). The molecular formula is C29H34FN5O4S. The lowest BCUT2D eigenvalue weighted by atomic mass is 9.95. The number of phenolic OH excluding ortho intramolecular Hbond substituents is 1. The number of rotatable bonds is 7. The van der Waals surface area contributed by atoms with Crippen LogP contribution in [-0.4, -0.2) is 38.8 Å². The van der Waals surface area contributed by atoms with Gasteiger partial charge in [0.05, 0.1) is 5.69 Å². The van der Waals surface area contributed by atoms with E-state index in [-0.39, 0.29) is 33.7 Å². The van der Waals surface area contributed by atoms with Gasteiger partial charge in [-0.2, -0.15) is 4.37 Å². The SMILES string of the molecule is CC(C)(C)NC(=O)[C@@H](c1ccc(O)cc1)N(C(=O)c1snc(C(=O)NC2CCCCC2)c1N)c1ccc(F)cc1. The molecule has 9 nitrogen and oxygen atoms in total. The van der Waals surface area contributed by atoms with E-state index >= 15 is 0 Å². The number of nitrogen functional groups attached to an aromatic ring is 1. The fraction of sp³-hybridized carbons (Fsp3) is 0.379. The maximum Gasteiger partial charge on any atom is 0.273 e. The minimum absolute atomic E-state index is 0.0151. The van der Waals surface area contributed by atoms with Crippen LogP contribution in [0.5, 0.6) is 5.75 Å². The van der Waals surface area contributed by atoms with Crippen molar-refractivity contribution in [3.8, 4) is 5.75 Å². The minimum Gasteiger partial charge on any atom is -0.508 e. The number of hydrogen-bond donors (Lipinski definition) is 4. The van der Waals surface area contributed by atoms with Crippen molar-refractivity contribution in [3.63, 3.8) is 0 Å². The largest absolute Gasteiger partial charge is 0.508 e. The van der Waals surface area contributed by atoms with Crippen molar-refractivity contribution in [3.05, 3.63) is 70.5 Å². The number of aromatic nitrogens is 1. The van der Waals surface area contributed by atoms with Gasteiger partial charge in [-0.15, -0.1) is 0 Å². The first-order valence-corrected chi connectivity index (χ1v) is 14.0. The molecule has 0 saturated heterocycles. The molecule has 212 valence electrons. The predicted octanol–water partition coefficient (Wildman–Crippen LogP) is 4.94. The van der Waals surface area contributed by atoms with Crippen LogP contribution in [0.25, 0.3) is 0 Å². The van der Waals surface area contributed by atoms with Crippen molar-refractivity contribution in [2.24, 2.45) is 0 Å². The number of halogens is 1. The summed E-state index contributed by atoms with van der Waals surface area (Å²) >= 11 is 0.768. The number of anilines is 2. The Morgan fingerprint density at radius 2 is 1.68 bits per heavy atom. The number of carbonyl (C=O) groups excluding carboxylic acids is 3. The second-order valence-corrected chi connectivity index (χ2v) is 11.7. The maximum absolute atomic E-state index is 14.2. The maximum atomic E-state index is 14.2. The molecule has 0 unspecified atom stereocenters.